The quantitative estimate of drug-likeness (QED) is 0.579. The molecule has 2 aromatic carbocycles. The van der Waals surface area contributed by atoms with E-state index in [0.29, 0.717) is 17.1 Å². The Kier molecular flexibility index (Phi) is 6.57. The number of carbonyl (C=O) groups excluding carboxylic acids is 1. The van der Waals surface area contributed by atoms with Crippen molar-refractivity contribution in [1.82, 2.24) is 10.6 Å². The summed E-state index contributed by atoms with van der Waals surface area (Å²) in [5, 5.41) is 6.01. The number of hydrogen-bond acceptors (Lipinski definition) is 2. The third kappa shape index (κ3) is 5.55. The molecule has 7 heteroatoms. The molecule has 1 atom stereocenters. The van der Waals surface area contributed by atoms with Gasteiger partial charge in [-0.05, 0) is 17.7 Å². The van der Waals surface area contributed by atoms with Crippen LogP contribution >= 0.6 is 46.4 Å². The number of carbonyl (C=O) groups is 1. The molecule has 1 amide bonds. The lowest BCUT2D eigenvalue weighted by Gasteiger charge is -2.27. The van der Waals surface area contributed by atoms with Crippen molar-refractivity contribution in [3.8, 4) is 0 Å². The molecule has 2 aromatic rings. The highest BCUT2D eigenvalue weighted by atomic mass is 35.6. The van der Waals surface area contributed by atoms with Crippen LogP contribution in [0, 0.1) is 0 Å². The van der Waals surface area contributed by atoms with E-state index >= 15 is 0 Å². The molecule has 2 N–H and O–H groups in total. The molecule has 0 bridgehead atoms. The lowest BCUT2D eigenvalue weighted by Crippen LogP contribution is -2.53. The van der Waals surface area contributed by atoms with E-state index in [-0.39, 0.29) is 0 Å². The van der Waals surface area contributed by atoms with E-state index < -0.39 is 15.9 Å². The van der Waals surface area contributed by atoms with Crippen LogP contribution in [-0.2, 0) is 6.54 Å². The number of alkyl halides is 3. The van der Waals surface area contributed by atoms with E-state index in [4.69, 9.17) is 46.4 Å². The summed E-state index contributed by atoms with van der Waals surface area (Å²) in [5.74, 6) is -0.424. The van der Waals surface area contributed by atoms with Crippen LogP contribution in [0.4, 0.5) is 0 Å². The predicted octanol–water partition coefficient (Wildman–Crippen LogP) is 4.56. The molecule has 122 valence electrons. The largest absolute Gasteiger partial charge is 0.333 e. The maximum absolute atomic E-state index is 12.3. The number of rotatable bonds is 5. The van der Waals surface area contributed by atoms with Gasteiger partial charge in [-0.25, -0.2) is 0 Å². The summed E-state index contributed by atoms with van der Waals surface area (Å²) in [6.45, 7) is 0.433. The van der Waals surface area contributed by atoms with Crippen molar-refractivity contribution in [2.45, 2.75) is 16.5 Å². The molecule has 3 nitrogen and oxygen atoms in total. The highest BCUT2D eigenvalue weighted by Crippen LogP contribution is 2.29. The van der Waals surface area contributed by atoms with Gasteiger partial charge in [-0.2, -0.15) is 0 Å². The van der Waals surface area contributed by atoms with Crippen LogP contribution in [0.15, 0.2) is 54.6 Å². The van der Waals surface area contributed by atoms with E-state index in [1.165, 1.54) is 0 Å². The third-order valence-corrected chi connectivity index (χ3v) is 4.06. The Morgan fingerprint density at radius 1 is 1.00 bits per heavy atom. The fourth-order valence-electron chi connectivity index (χ4n) is 1.92. The van der Waals surface area contributed by atoms with Gasteiger partial charge < -0.3 is 5.32 Å². The zero-order valence-corrected chi connectivity index (χ0v) is 14.9. The lowest BCUT2D eigenvalue weighted by molar-refractivity contribution is 0.0929. The smallest absolute Gasteiger partial charge is 0.254 e. The Morgan fingerprint density at radius 2 is 1.61 bits per heavy atom. The minimum absolute atomic E-state index is 0.315. The minimum atomic E-state index is -1.72. The SMILES string of the molecule is O=C(NC(NCc1ccccc1)C(Cl)(Cl)Cl)c1ccccc1Cl. The molecule has 23 heavy (non-hydrogen) atoms. The Balaban J connectivity index is 2.07. The molecule has 0 saturated heterocycles. The van der Waals surface area contributed by atoms with Crippen LogP contribution in [-0.4, -0.2) is 15.9 Å². The van der Waals surface area contributed by atoms with Crippen molar-refractivity contribution in [1.29, 1.82) is 0 Å². The topological polar surface area (TPSA) is 41.1 Å². The first-order valence-electron chi connectivity index (χ1n) is 6.77. The zero-order valence-electron chi connectivity index (χ0n) is 11.9. The lowest BCUT2D eigenvalue weighted by atomic mass is 10.2. The van der Waals surface area contributed by atoms with Crippen LogP contribution in [0.25, 0.3) is 0 Å². The summed E-state index contributed by atoms with van der Waals surface area (Å²) in [5.41, 5.74) is 1.31. The van der Waals surface area contributed by atoms with E-state index in [2.05, 4.69) is 10.6 Å². The summed E-state index contributed by atoms with van der Waals surface area (Å²) in [6, 6.07) is 16.3. The Hall–Kier alpha value is -0.970. The third-order valence-electron chi connectivity index (χ3n) is 3.07. The molecule has 0 heterocycles. The predicted molar refractivity (Wildman–Crippen MR) is 96.3 cm³/mol. The van der Waals surface area contributed by atoms with Crippen LogP contribution in [0.3, 0.4) is 0 Å². The standard InChI is InChI=1S/C16H14Cl4N2O/c17-13-9-5-4-8-12(13)14(23)22-15(16(18,19)20)21-10-11-6-2-1-3-7-11/h1-9,15,21H,10H2,(H,22,23). The molecule has 0 fully saturated rings. The van der Waals surface area contributed by atoms with Gasteiger partial charge in [-0.15, -0.1) is 0 Å². The van der Waals surface area contributed by atoms with E-state index in [1.54, 1.807) is 24.3 Å². The summed E-state index contributed by atoms with van der Waals surface area (Å²) in [4.78, 5) is 12.3. The molecule has 0 radical (unpaired) electrons. The first-order valence-corrected chi connectivity index (χ1v) is 8.28. The van der Waals surface area contributed by atoms with Crippen molar-refractivity contribution in [3.63, 3.8) is 0 Å². The van der Waals surface area contributed by atoms with Gasteiger partial charge in [-0.1, -0.05) is 88.9 Å². The van der Waals surface area contributed by atoms with Crippen LogP contribution in [0.2, 0.25) is 5.02 Å². The number of amides is 1. The second-order valence-corrected chi connectivity index (χ2v) is 7.57. The van der Waals surface area contributed by atoms with Crippen LogP contribution in [0.5, 0.6) is 0 Å². The monoisotopic (exact) mass is 390 g/mol. The first kappa shape index (κ1) is 18.4. The molecular weight excluding hydrogens is 378 g/mol. The highest BCUT2D eigenvalue weighted by molar-refractivity contribution is 6.68. The van der Waals surface area contributed by atoms with Gasteiger partial charge in [0.1, 0.15) is 6.17 Å². The zero-order chi connectivity index (χ0) is 16.9. The number of halogens is 4. The van der Waals surface area contributed by atoms with Crippen molar-refractivity contribution >= 4 is 52.3 Å². The normalized spacial score (nSPS) is 12.7. The average molecular weight is 392 g/mol. The average Bonchev–Trinajstić information content (AvgIpc) is 2.51. The van der Waals surface area contributed by atoms with E-state index in [9.17, 15) is 4.79 Å². The molecule has 0 spiro atoms. The fourth-order valence-corrected chi connectivity index (χ4v) is 2.54. The number of nitrogens with one attached hydrogen (secondary N) is 2. The molecule has 0 aliphatic rings. The summed E-state index contributed by atoms with van der Waals surface area (Å²) in [7, 11) is 0. The maximum Gasteiger partial charge on any atom is 0.254 e. The highest BCUT2D eigenvalue weighted by Gasteiger charge is 2.34. The summed E-state index contributed by atoms with van der Waals surface area (Å²) >= 11 is 23.9. The van der Waals surface area contributed by atoms with Crippen molar-refractivity contribution in [2.75, 3.05) is 0 Å². The first-order chi connectivity index (χ1) is 10.9. The Morgan fingerprint density at radius 3 is 2.22 bits per heavy atom. The molecule has 0 aromatic heterocycles. The van der Waals surface area contributed by atoms with Crippen molar-refractivity contribution in [3.05, 3.63) is 70.7 Å². The van der Waals surface area contributed by atoms with Crippen LogP contribution in [0.1, 0.15) is 15.9 Å². The number of hydrogen-bond donors (Lipinski definition) is 2. The molecule has 0 aliphatic heterocycles. The van der Waals surface area contributed by atoms with Crippen molar-refractivity contribution in [2.24, 2.45) is 0 Å². The van der Waals surface area contributed by atoms with E-state index in [0.717, 1.165) is 5.56 Å². The van der Waals surface area contributed by atoms with Gasteiger partial charge in [0.05, 0.1) is 10.6 Å². The van der Waals surface area contributed by atoms with Crippen molar-refractivity contribution < 1.29 is 4.79 Å². The van der Waals surface area contributed by atoms with Gasteiger partial charge in [-0.3, -0.25) is 10.1 Å². The molecule has 1 unspecified atom stereocenters. The van der Waals surface area contributed by atoms with E-state index in [1.807, 2.05) is 30.3 Å². The van der Waals surface area contributed by atoms with Gasteiger partial charge in [0, 0.05) is 6.54 Å². The van der Waals surface area contributed by atoms with Gasteiger partial charge in [0.15, 0.2) is 0 Å². The molecule has 2 rings (SSSR count). The minimum Gasteiger partial charge on any atom is -0.333 e. The Bertz CT molecular complexity index is 659. The fraction of sp³-hybridized carbons (Fsp3) is 0.188. The maximum atomic E-state index is 12.3. The van der Waals surface area contributed by atoms with Gasteiger partial charge >= 0.3 is 0 Å². The summed E-state index contributed by atoms with van der Waals surface area (Å²) in [6.07, 6.45) is -0.878. The summed E-state index contributed by atoms with van der Waals surface area (Å²) < 4.78 is -1.72. The van der Waals surface area contributed by atoms with Gasteiger partial charge in [0.25, 0.3) is 5.91 Å². The molecule has 0 aliphatic carbocycles. The second kappa shape index (κ2) is 8.22. The Labute approximate surface area is 154 Å². The second-order valence-electron chi connectivity index (χ2n) is 4.79. The van der Waals surface area contributed by atoms with Gasteiger partial charge in [0.2, 0.25) is 3.79 Å². The van der Waals surface area contributed by atoms with Crippen LogP contribution < -0.4 is 10.6 Å². The molecular formula is C16H14Cl4N2O. The number of benzene rings is 2. The molecule has 0 saturated carbocycles.